The van der Waals surface area contributed by atoms with E-state index in [9.17, 15) is 0 Å². The average Bonchev–Trinajstić information content (AvgIpc) is 2.78. The van der Waals surface area contributed by atoms with Gasteiger partial charge in [-0.2, -0.15) is 0 Å². The highest BCUT2D eigenvalue weighted by atomic mass is 32.1. The zero-order chi connectivity index (χ0) is 11.4. The molecule has 0 saturated carbocycles. The summed E-state index contributed by atoms with van der Waals surface area (Å²) in [4.78, 5) is 4.40. The quantitative estimate of drug-likeness (QED) is 0.880. The van der Waals surface area contributed by atoms with Gasteiger partial charge in [-0.3, -0.25) is 4.98 Å². The van der Waals surface area contributed by atoms with Crippen molar-refractivity contribution in [1.82, 2.24) is 15.2 Å². The van der Waals surface area contributed by atoms with Crippen molar-refractivity contribution in [2.24, 2.45) is 0 Å². The van der Waals surface area contributed by atoms with Crippen LogP contribution in [0.2, 0.25) is 0 Å². The summed E-state index contributed by atoms with van der Waals surface area (Å²) in [5, 5.41) is 12.9. The first-order chi connectivity index (χ1) is 7.81. The van der Waals surface area contributed by atoms with Crippen molar-refractivity contribution in [3.05, 3.63) is 34.6 Å². The van der Waals surface area contributed by atoms with E-state index in [0.717, 1.165) is 28.7 Å². The molecule has 0 spiro atoms. The molecular weight excluding hydrogens is 220 g/mol. The Kier molecular flexibility index (Phi) is 3.46. The van der Waals surface area contributed by atoms with Gasteiger partial charge in [0.15, 0.2) is 0 Å². The number of hydrogen-bond acceptors (Lipinski definition) is 5. The molecule has 0 fully saturated rings. The molecule has 0 saturated heterocycles. The van der Waals surface area contributed by atoms with Gasteiger partial charge in [0.1, 0.15) is 5.01 Å². The molecule has 0 radical (unpaired) electrons. The van der Waals surface area contributed by atoms with Gasteiger partial charge in [0.25, 0.3) is 0 Å². The number of aryl methyl sites for hydroxylation is 1. The fourth-order valence-corrected chi connectivity index (χ4v) is 2.06. The van der Waals surface area contributed by atoms with Crippen LogP contribution in [0.1, 0.15) is 23.2 Å². The summed E-state index contributed by atoms with van der Waals surface area (Å²) in [6.07, 6.45) is 3.70. The Balaban J connectivity index is 2.08. The monoisotopic (exact) mass is 234 g/mol. The molecule has 0 bridgehead atoms. The Labute approximate surface area is 98.8 Å². The number of nitrogens with zero attached hydrogens (tertiary/aromatic N) is 3. The van der Waals surface area contributed by atoms with Gasteiger partial charge in [-0.1, -0.05) is 24.3 Å². The SMILES string of the molecule is CCc1ccc(Cc2nnc(NC)s2)nc1. The molecule has 0 aliphatic rings. The van der Waals surface area contributed by atoms with E-state index in [-0.39, 0.29) is 0 Å². The lowest BCUT2D eigenvalue weighted by Gasteiger charge is -1.98. The molecule has 2 aromatic heterocycles. The van der Waals surface area contributed by atoms with Crippen LogP contribution in [0.3, 0.4) is 0 Å². The molecule has 0 atom stereocenters. The highest BCUT2D eigenvalue weighted by Gasteiger charge is 2.04. The van der Waals surface area contributed by atoms with Gasteiger partial charge in [0, 0.05) is 25.4 Å². The van der Waals surface area contributed by atoms with Crippen LogP contribution in [0.15, 0.2) is 18.3 Å². The minimum Gasteiger partial charge on any atom is -0.363 e. The molecule has 0 aromatic carbocycles. The zero-order valence-corrected chi connectivity index (χ0v) is 10.2. The fourth-order valence-electron chi connectivity index (χ4n) is 1.35. The summed E-state index contributed by atoms with van der Waals surface area (Å²) in [6, 6.07) is 4.17. The molecule has 2 heterocycles. The third-order valence-corrected chi connectivity index (χ3v) is 3.25. The zero-order valence-electron chi connectivity index (χ0n) is 9.40. The smallest absolute Gasteiger partial charge is 0.205 e. The Morgan fingerprint density at radius 2 is 2.19 bits per heavy atom. The number of rotatable bonds is 4. The van der Waals surface area contributed by atoms with Crippen molar-refractivity contribution in [1.29, 1.82) is 0 Å². The maximum Gasteiger partial charge on any atom is 0.205 e. The van der Waals surface area contributed by atoms with Crippen LogP contribution >= 0.6 is 11.3 Å². The Morgan fingerprint density at radius 1 is 1.31 bits per heavy atom. The molecule has 84 valence electrons. The average molecular weight is 234 g/mol. The Hall–Kier alpha value is -1.49. The Morgan fingerprint density at radius 3 is 2.75 bits per heavy atom. The molecule has 0 aliphatic carbocycles. The van der Waals surface area contributed by atoms with E-state index >= 15 is 0 Å². The lowest BCUT2D eigenvalue weighted by Crippen LogP contribution is -1.92. The maximum absolute atomic E-state index is 4.40. The van der Waals surface area contributed by atoms with Crippen LogP contribution < -0.4 is 5.32 Å². The number of aromatic nitrogens is 3. The second-order valence-electron chi connectivity index (χ2n) is 3.44. The van der Waals surface area contributed by atoms with E-state index in [2.05, 4.69) is 39.6 Å². The third kappa shape index (κ3) is 2.55. The lowest BCUT2D eigenvalue weighted by atomic mass is 10.2. The largest absolute Gasteiger partial charge is 0.363 e. The first-order valence-electron chi connectivity index (χ1n) is 5.25. The summed E-state index contributed by atoms with van der Waals surface area (Å²) in [5.74, 6) is 0. The molecule has 0 unspecified atom stereocenters. The molecule has 5 heteroatoms. The van der Waals surface area contributed by atoms with Gasteiger partial charge >= 0.3 is 0 Å². The standard InChI is InChI=1S/C11H14N4S/c1-3-8-4-5-9(13-7-8)6-10-14-15-11(12-2)16-10/h4-5,7H,3,6H2,1-2H3,(H,12,15). The highest BCUT2D eigenvalue weighted by molar-refractivity contribution is 7.15. The van der Waals surface area contributed by atoms with Gasteiger partial charge in [-0.25, -0.2) is 0 Å². The molecule has 2 aromatic rings. The lowest BCUT2D eigenvalue weighted by molar-refractivity contribution is 0.967. The summed E-state index contributed by atoms with van der Waals surface area (Å²) >= 11 is 1.56. The summed E-state index contributed by atoms with van der Waals surface area (Å²) in [5.41, 5.74) is 2.30. The molecular formula is C11H14N4S. The van der Waals surface area contributed by atoms with Crippen molar-refractivity contribution in [3.8, 4) is 0 Å². The van der Waals surface area contributed by atoms with Crippen molar-refractivity contribution in [2.45, 2.75) is 19.8 Å². The van der Waals surface area contributed by atoms with Crippen LogP contribution in [0.25, 0.3) is 0 Å². The van der Waals surface area contributed by atoms with Crippen LogP contribution in [0.4, 0.5) is 5.13 Å². The molecule has 1 N–H and O–H groups in total. The van der Waals surface area contributed by atoms with E-state index in [0.29, 0.717) is 0 Å². The molecule has 4 nitrogen and oxygen atoms in total. The molecule has 0 amide bonds. The summed E-state index contributed by atoms with van der Waals surface area (Å²) in [6.45, 7) is 2.13. The second kappa shape index (κ2) is 5.03. The summed E-state index contributed by atoms with van der Waals surface area (Å²) in [7, 11) is 1.85. The van der Waals surface area contributed by atoms with Gasteiger partial charge in [-0.15, -0.1) is 10.2 Å². The topological polar surface area (TPSA) is 50.7 Å². The van der Waals surface area contributed by atoms with Crippen LogP contribution in [-0.4, -0.2) is 22.2 Å². The van der Waals surface area contributed by atoms with Crippen LogP contribution in [-0.2, 0) is 12.8 Å². The van der Waals surface area contributed by atoms with Gasteiger partial charge in [0.2, 0.25) is 5.13 Å². The normalized spacial score (nSPS) is 10.4. The molecule has 2 rings (SSSR count). The first-order valence-corrected chi connectivity index (χ1v) is 6.07. The third-order valence-electron chi connectivity index (χ3n) is 2.31. The van der Waals surface area contributed by atoms with E-state index in [1.54, 1.807) is 11.3 Å². The first kappa shape index (κ1) is 11.0. The van der Waals surface area contributed by atoms with Crippen LogP contribution in [0.5, 0.6) is 0 Å². The highest BCUT2D eigenvalue weighted by Crippen LogP contribution is 2.17. The van der Waals surface area contributed by atoms with E-state index in [4.69, 9.17) is 0 Å². The van der Waals surface area contributed by atoms with Gasteiger partial charge in [0.05, 0.1) is 0 Å². The number of pyridine rings is 1. The van der Waals surface area contributed by atoms with Crippen molar-refractivity contribution < 1.29 is 0 Å². The number of anilines is 1. The maximum atomic E-state index is 4.40. The van der Waals surface area contributed by atoms with E-state index < -0.39 is 0 Å². The Bertz CT molecular complexity index is 449. The predicted molar refractivity (Wildman–Crippen MR) is 65.9 cm³/mol. The van der Waals surface area contributed by atoms with Crippen molar-refractivity contribution >= 4 is 16.5 Å². The second-order valence-corrected chi connectivity index (χ2v) is 4.50. The number of hydrogen-bond donors (Lipinski definition) is 1. The van der Waals surface area contributed by atoms with E-state index in [1.807, 2.05) is 13.2 Å². The minimum atomic E-state index is 0.753. The predicted octanol–water partition coefficient (Wildman–Crippen LogP) is 2.13. The number of nitrogens with one attached hydrogen (secondary N) is 1. The molecule has 16 heavy (non-hydrogen) atoms. The molecule has 0 aliphatic heterocycles. The van der Waals surface area contributed by atoms with Gasteiger partial charge < -0.3 is 5.32 Å². The van der Waals surface area contributed by atoms with Crippen molar-refractivity contribution in [3.63, 3.8) is 0 Å². The summed E-state index contributed by atoms with van der Waals surface area (Å²) < 4.78 is 0. The van der Waals surface area contributed by atoms with E-state index in [1.165, 1.54) is 5.56 Å². The van der Waals surface area contributed by atoms with Crippen molar-refractivity contribution in [2.75, 3.05) is 12.4 Å². The van der Waals surface area contributed by atoms with Gasteiger partial charge in [-0.05, 0) is 18.1 Å². The minimum absolute atomic E-state index is 0.753. The van der Waals surface area contributed by atoms with Crippen LogP contribution in [0, 0.1) is 0 Å². The fraction of sp³-hybridized carbons (Fsp3) is 0.364.